The van der Waals surface area contributed by atoms with Gasteiger partial charge in [0.25, 0.3) is 11.1 Å². The molecule has 162 valence electrons. The van der Waals surface area contributed by atoms with E-state index in [0.29, 0.717) is 36.8 Å². The van der Waals surface area contributed by atoms with Crippen LogP contribution < -0.4 is 4.74 Å². The zero-order chi connectivity index (χ0) is 22.7. The van der Waals surface area contributed by atoms with Crippen molar-refractivity contribution >= 4 is 63.8 Å². The van der Waals surface area contributed by atoms with E-state index in [9.17, 15) is 9.59 Å². The number of nitrogens with zero attached hydrogens (tertiary/aromatic N) is 1. The van der Waals surface area contributed by atoms with Gasteiger partial charge in [0.2, 0.25) is 0 Å². The highest BCUT2D eigenvalue weighted by molar-refractivity contribution is 8.18. The van der Waals surface area contributed by atoms with Crippen molar-refractivity contribution in [1.82, 2.24) is 4.90 Å². The van der Waals surface area contributed by atoms with Gasteiger partial charge in [-0.3, -0.25) is 14.5 Å². The van der Waals surface area contributed by atoms with E-state index in [2.05, 4.69) is 0 Å². The summed E-state index contributed by atoms with van der Waals surface area (Å²) in [5.41, 5.74) is 2.18. The molecule has 0 aliphatic carbocycles. The number of imide groups is 1. The van der Waals surface area contributed by atoms with Crippen LogP contribution in [0.3, 0.4) is 0 Å². The highest BCUT2D eigenvalue weighted by atomic mass is 35.5. The van der Waals surface area contributed by atoms with Crippen molar-refractivity contribution in [3.8, 4) is 5.75 Å². The molecule has 0 unspecified atom stereocenters. The zero-order valence-corrected chi connectivity index (χ0v) is 19.6. The van der Waals surface area contributed by atoms with Crippen LogP contribution in [-0.2, 0) is 17.9 Å². The lowest BCUT2D eigenvalue weighted by Gasteiger charge is -2.14. The molecule has 32 heavy (non-hydrogen) atoms. The molecular formula is C24H16Cl3NO3S. The molecule has 1 aliphatic rings. The minimum Gasteiger partial charge on any atom is -0.488 e. The summed E-state index contributed by atoms with van der Waals surface area (Å²) in [6.07, 6.45) is 1.66. The Morgan fingerprint density at radius 3 is 2.41 bits per heavy atom. The van der Waals surface area contributed by atoms with Crippen LogP contribution >= 0.6 is 46.6 Å². The quantitative estimate of drug-likeness (QED) is 0.327. The van der Waals surface area contributed by atoms with E-state index in [-0.39, 0.29) is 24.3 Å². The summed E-state index contributed by atoms with van der Waals surface area (Å²) in [5.74, 6) is 0.201. The Hall–Kier alpha value is -2.44. The minimum atomic E-state index is -0.382. The van der Waals surface area contributed by atoms with Gasteiger partial charge in [-0.15, -0.1) is 0 Å². The number of halogens is 3. The molecular weight excluding hydrogens is 489 g/mol. The molecule has 1 saturated heterocycles. The van der Waals surface area contributed by atoms with Crippen molar-refractivity contribution in [2.24, 2.45) is 0 Å². The number of hydrogen-bond acceptors (Lipinski definition) is 4. The fourth-order valence-electron chi connectivity index (χ4n) is 3.10. The van der Waals surface area contributed by atoms with Crippen molar-refractivity contribution in [2.45, 2.75) is 13.2 Å². The van der Waals surface area contributed by atoms with Gasteiger partial charge in [-0.05, 0) is 47.7 Å². The standard InChI is InChI=1S/C24H16Cl3NO3S/c25-18-10-9-16(20(27)12-18)13-28-23(29)22(32-24(28)30)11-15-5-2-4-8-21(15)31-14-17-6-1-3-7-19(17)26/h1-12H,13-14H2/b22-11+. The summed E-state index contributed by atoms with van der Waals surface area (Å²) in [6.45, 7) is 0.351. The van der Waals surface area contributed by atoms with Crippen LogP contribution in [0.2, 0.25) is 15.1 Å². The van der Waals surface area contributed by atoms with Crippen molar-refractivity contribution in [1.29, 1.82) is 0 Å². The van der Waals surface area contributed by atoms with Crippen LogP contribution in [0.1, 0.15) is 16.7 Å². The van der Waals surface area contributed by atoms with Gasteiger partial charge in [-0.2, -0.15) is 0 Å². The lowest BCUT2D eigenvalue weighted by atomic mass is 10.1. The number of ether oxygens (including phenoxy) is 1. The lowest BCUT2D eigenvalue weighted by Crippen LogP contribution is -2.27. The molecule has 3 aromatic rings. The van der Waals surface area contributed by atoms with E-state index >= 15 is 0 Å². The molecule has 0 bridgehead atoms. The molecule has 0 aromatic heterocycles. The molecule has 0 N–H and O–H groups in total. The highest BCUT2D eigenvalue weighted by Gasteiger charge is 2.35. The molecule has 0 saturated carbocycles. The second kappa shape index (κ2) is 10.0. The van der Waals surface area contributed by atoms with Crippen LogP contribution in [0.5, 0.6) is 5.75 Å². The molecule has 4 rings (SSSR count). The van der Waals surface area contributed by atoms with E-state index in [1.54, 1.807) is 36.4 Å². The number of carbonyl (C=O) groups excluding carboxylic acids is 2. The highest BCUT2D eigenvalue weighted by Crippen LogP contribution is 2.36. The largest absolute Gasteiger partial charge is 0.488 e. The first-order chi connectivity index (χ1) is 15.4. The Balaban J connectivity index is 1.53. The molecule has 1 heterocycles. The van der Waals surface area contributed by atoms with Crippen LogP contribution in [0.4, 0.5) is 4.79 Å². The summed E-state index contributed by atoms with van der Waals surface area (Å²) in [4.78, 5) is 26.9. The van der Waals surface area contributed by atoms with Gasteiger partial charge in [-0.1, -0.05) is 77.3 Å². The Morgan fingerprint density at radius 2 is 1.62 bits per heavy atom. The first-order valence-electron chi connectivity index (χ1n) is 9.57. The normalized spacial score (nSPS) is 15.0. The molecule has 8 heteroatoms. The summed E-state index contributed by atoms with van der Waals surface area (Å²) in [5, 5.41) is 1.15. The summed E-state index contributed by atoms with van der Waals surface area (Å²) in [7, 11) is 0. The van der Waals surface area contributed by atoms with Crippen molar-refractivity contribution in [2.75, 3.05) is 0 Å². The van der Waals surface area contributed by atoms with E-state index in [0.717, 1.165) is 17.3 Å². The topological polar surface area (TPSA) is 46.6 Å². The maximum absolute atomic E-state index is 12.9. The zero-order valence-electron chi connectivity index (χ0n) is 16.6. The average molecular weight is 505 g/mol. The molecule has 0 radical (unpaired) electrons. The maximum Gasteiger partial charge on any atom is 0.293 e. The Labute approximate surface area is 204 Å². The number of benzene rings is 3. The number of para-hydroxylation sites is 1. The molecule has 0 atom stereocenters. The van der Waals surface area contributed by atoms with Crippen LogP contribution in [-0.4, -0.2) is 16.0 Å². The monoisotopic (exact) mass is 503 g/mol. The summed E-state index contributed by atoms with van der Waals surface area (Å²) >= 11 is 19.2. The minimum absolute atomic E-state index is 0.0721. The number of rotatable bonds is 6. The van der Waals surface area contributed by atoms with Gasteiger partial charge in [0.05, 0.1) is 11.4 Å². The summed E-state index contributed by atoms with van der Waals surface area (Å²) in [6, 6.07) is 19.7. The van der Waals surface area contributed by atoms with Gasteiger partial charge in [0.1, 0.15) is 12.4 Å². The number of carbonyl (C=O) groups is 2. The molecule has 2 amide bonds. The molecule has 1 fully saturated rings. The third-order valence-electron chi connectivity index (χ3n) is 4.76. The van der Waals surface area contributed by atoms with Gasteiger partial charge in [0, 0.05) is 26.2 Å². The molecule has 1 aliphatic heterocycles. The predicted octanol–water partition coefficient (Wildman–Crippen LogP) is 7.46. The van der Waals surface area contributed by atoms with Crippen molar-refractivity contribution in [3.05, 3.63) is 103 Å². The van der Waals surface area contributed by atoms with E-state index in [1.165, 1.54) is 4.90 Å². The van der Waals surface area contributed by atoms with Gasteiger partial charge in [0.15, 0.2) is 0 Å². The third-order valence-corrected chi connectivity index (χ3v) is 6.63. The maximum atomic E-state index is 12.9. The fraction of sp³-hybridized carbons (Fsp3) is 0.0833. The van der Waals surface area contributed by atoms with Gasteiger partial charge in [-0.25, -0.2) is 0 Å². The number of amides is 2. The van der Waals surface area contributed by atoms with Crippen molar-refractivity contribution in [3.63, 3.8) is 0 Å². The van der Waals surface area contributed by atoms with Crippen molar-refractivity contribution < 1.29 is 14.3 Å². The SMILES string of the molecule is O=C1S/C(=C/c2ccccc2OCc2ccccc2Cl)C(=O)N1Cc1ccc(Cl)cc1Cl. The van der Waals surface area contributed by atoms with E-state index in [1.807, 2.05) is 36.4 Å². The van der Waals surface area contributed by atoms with Crippen LogP contribution in [0, 0.1) is 0 Å². The first-order valence-corrected chi connectivity index (χ1v) is 11.5. The Kier molecular flexibility index (Phi) is 7.11. The third kappa shape index (κ3) is 5.13. The van der Waals surface area contributed by atoms with Crippen LogP contribution in [0.25, 0.3) is 6.08 Å². The first kappa shape index (κ1) is 22.7. The van der Waals surface area contributed by atoms with E-state index in [4.69, 9.17) is 39.5 Å². The second-order valence-corrected chi connectivity index (χ2v) is 9.17. The molecule has 3 aromatic carbocycles. The summed E-state index contributed by atoms with van der Waals surface area (Å²) < 4.78 is 5.95. The van der Waals surface area contributed by atoms with Gasteiger partial charge >= 0.3 is 0 Å². The average Bonchev–Trinajstić information content (AvgIpc) is 3.03. The number of hydrogen-bond donors (Lipinski definition) is 0. The fourth-order valence-corrected chi connectivity index (χ4v) is 4.59. The smallest absolute Gasteiger partial charge is 0.293 e. The van der Waals surface area contributed by atoms with E-state index < -0.39 is 0 Å². The van der Waals surface area contributed by atoms with Crippen LogP contribution in [0.15, 0.2) is 71.6 Å². The second-order valence-electron chi connectivity index (χ2n) is 6.92. The predicted molar refractivity (Wildman–Crippen MR) is 130 cm³/mol. The van der Waals surface area contributed by atoms with Gasteiger partial charge < -0.3 is 4.74 Å². The lowest BCUT2D eigenvalue weighted by molar-refractivity contribution is -0.123. The Bertz CT molecular complexity index is 1230. The molecule has 4 nitrogen and oxygen atoms in total. The molecule has 0 spiro atoms. The number of thioether (sulfide) groups is 1. The Morgan fingerprint density at radius 1 is 0.875 bits per heavy atom.